The zero-order chi connectivity index (χ0) is 18.4. The van der Waals surface area contributed by atoms with E-state index in [4.69, 9.17) is 9.47 Å². The van der Waals surface area contributed by atoms with Crippen LogP contribution in [0.5, 0.6) is 5.75 Å². The van der Waals surface area contributed by atoms with E-state index in [2.05, 4.69) is 29.8 Å². The van der Waals surface area contributed by atoms with Crippen molar-refractivity contribution in [2.45, 2.75) is 25.9 Å². The molecule has 0 saturated carbocycles. The monoisotopic (exact) mass is 375 g/mol. The SMILES string of the molecule is CCOc1ccc(C(=O)N[C@@H](C)[C@@H](c2cccs2)[NH+]2CCOCC2)cc1. The number of amides is 1. The minimum absolute atomic E-state index is 0.0285. The van der Waals surface area contributed by atoms with Gasteiger partial charge in [-0.15, -0.1) is 11.3 Å². The van der Waals surface area contributed by atoms with E-state index in [0.29, 0.717) is 12.2 Å². The van der Waals surface area contributed by atoms with Gasteiger partial charge in [-0.1, -0.05) is 6.07 Å². The number of rotatable bonds is 7. The molecule has 0 aliphatic carbocycles. The number of thiophene rings is 1. The van der Waals surface area contributed by atoms with Crippen molar-refractivity contribution in [2.75, 3.05) is 32.9 Å². The van der Waals surface area contributed by atoms with Gasteiger partial charge in [0.05, 0.1) is 30.7 Å². The van der Waals surface area contributed by atoms with Crippen molar-refractivity contribution in [1.82, 2.24) is 5.32 Å². The molecular weight excluding hydrogens is 348 g/mol. The van der Waals surface area contributed by atoms with E-state index in [-0.39, 0.29) is 18.0 Å². The Kier molecular flexibility index (Phi) is 6.66. The van der Waals surface area contributed by atoms with Crippen molar-refractivity contribution in [3.05, 3.63) is 52.2 Å². The van der Waals surface area contributed by atoms with E-state index in [9.17, 15) is 4.79 Å². The van der Waals surface area contributed by atoms with Crippen molar-refractivity contribution in [3.8, 4) is 5.75 Å². The summed E-state index contributed by atoms with van der Waals surface area (Å²) in [6.07, 6.45) is 0. The highest BCUT2D eigenvalue weighted by Crippen LogP contribution is 2.20. The van der Waals surface area contributed by atoms with Gasteiger partial charge >= 0.3 is 0 Å². The van der Waals surface area contributed by atoms with E-state index in [1.54, 1.807) is 11.3 Å². The summed E-state index contributed by atoms with van der Waals surface area (Å²) in [6.45, 7) is 8.14. The molecule has 6 heteroatoms. The van der Waals surface area contributed by atoms with E-state index in [1.165, 1.54) is 9.78 Å². The van der Waals surface area contributed by atoms with Crippen LogP contribution in [0.1, 0.15) is 35.1 Å². The Labute approximate surface area is 158 Å². The van der Waals surface area contributed by atoms with Crippen molar-refractivity contribution < 1.29 is 19.2 Å². The number of hydrogen-bond acceptors (Lipinski definition) is 4. The third-order valence-corrected chi connectivity index (χ3v) is 5.67. The highest BCUT2D eigenvalue weighted by molar-refractivity contribution is 7.10. The number of ether oxygens (including phenoxy) is 2. The second-order valence-electron chi connectivity index (χ2n) is 6.48. The molecule has 1 fully saturated rings. The first-order valence-electron chi connectivity index (χ1n) is 9.18. The Hall–Kier alpha value is -1.89. The van der Waals surface area contributed by atoms with Gasteiger partial charge in [-0.05, 0) is 49.6 Å². The first-order valence-corrected chi connectivity index (χ1v) is 10.1. The maximum Gasteiger partial charge on any atom is 0.251 e. The zero-order valence-corrected chi connectivity index (χ0v) is 16.2. The Balaban J connectivity index is 1.70. The highest BCUT2D eigenvalue weighted by atomic mass is 32.1. The van der Waals surface area contributed by atoms with Crippen LogP contribution < -0.4 is 15.0 Å². The Morgan fingerprint density at radius 2 is 2.00 bits per heavy atom. The number of nitrogens with one attached hydrogen (secondary N) is 2. The van der Waals surface area contributed by atoms with Crippen LogP contribution in [-0.2, 0) is 4.74 Å². The van der Waals surface area contributed by atoms with Crippen LogP contribution >= 0.6 is 11.3 Å². The third-order valence-electron chi connectivity index (χ3n) is 4.71. The molecular formula is C20H27N2O3S+. The number of morpholine rings is 1. The molecule has 1 amide bonds. The predicted octanol–water partition coefficient (Wildman–Crippen LogP) is 1.92. The standard InChI is InChI=1S/C20H26N2O3S/c1-3-25-17-8-6-16(7-9-17)20(23)21-15(2)19(18-5-4-14-26-18)22-10-12-24-13-11-22/h4-9,14-15,19H,3,10-13H2,1-2H3,(H,21,23)/p+1/t15-,19-/m0/s1. The number of benzene rings is 1. The first kappa shape index (κ1) is 18.9. The third kappa shape index (κ3) is 4.63. The van der Waals surface area contributed by atoms with Crippen LogP contribution in [0.15, 0.2) is 41.8 Å². The summed E-state index contributed by atoms with van der Waals surface area (Å²) in [5.74, 6) is 0.737. The van der Waals surface area contributed by atoms with Crippen molar-refractivity contribution in [1.29, 1.82) is 0 Å². The summed E-state index contributed by atoms with van der Waals surface area (Å²) in [6, 6.07) is 11.8. The summed E-state index contributed by atoms with van der Waals surface area (Å²) < 4.78 is 11.0. The van der Waals surface area contributed by atoms with Crippen LogP contribution in [0.4, 0.5) is 0 Å². The highest BCUT2D eigenvalue weighted by Gasteiger charge is 2.33. The van der Waals surface area contributed by atoms with Crippen LogP contribution in [0.3, 0.4) is 0 Å². The Morgan fingerprint density at radius 1 is 1.27 bits per heavy atom. The summed E-state index contributed by atoms with van der Waals surface area (Å²) in [7, 11) is 0. The number of hydrogen-bond donors (Lipinski definition) is 2. The lowest BCUT2D eigenvalue weighted by atomic mass is 10.0. The van der Waals surface area contributed by atoms with Gasteiger partial charge in [0.2, 0.25) is 0 Å². The molecule has 3 rings (SSSR count). The lowest BCUT2D eigenvalue weighted by Gasteiger charge is -2.34. The van der Waals surface area contributed by atoms with E-state index in [0.717, 1.165) is 32.1 Å². The van der Waals surface area contributed by atoms with E-state index in [1.807, 2.05) is 31.2 Å². The molecule has 0 unspecified atom stereocenters. The second kappa shape index (κ2) is 9.16. The Bertz CT molecular complexity index is 682. The van der Waals surface area contributed by atoms with Gasteiger partial charge in [0.25, 0.3) is 5.91 Å². The quantitative estimate of drug-likeness (QED) is 0.777. The van der Waals surface area contributed by atoms with Gasteiger partial charge in [-0.3, -0.25) is 4.79 Å². The maximum absolute atomic E-state index is 12.7. The van der Waals surface area contributed by atoms with Gasteiger partial charge in [-0.2, -0.15) is 0 Å². The topological polar surface area (TPSA) is 52.0 Å². The van der Waals surface area contributed by atoms with Gasteiger partial charge in [0.1, 0.15) is 24.9 Å². The lowest BCUT2D eigenvalue weighted by Crippen LogP contribution is -3.15. The van der Waals surface area contributed by atoms with Gasteiger partial charge < -0.3 is 19.7 Å². The van der Waals surface area contributed by atoms with Gasteiger partial charge in [-0.25, -0.2) is 0 Å². The molecule has 2 N–H and O–H groups in total. The minimum Gasteiger partial charge on any atom is -0.494 e. The fourth-order valence-electron chi connectivity index (χ4n) is 3.46. The molecule has 0 spiro atoms. The van der Waals surface area contributed by atoms with Crippen LogP contribution in [0, 0.1) is 0 Å². The number of carbonyl (C=O) groups is 1. The summed E-state index contributed by atoms with van der Waals surface area (Å²) in [5.41, 5.74) is 0.655. The lowest BCUT2D eigenvalue weighted by molar-refractivity contribution is -0.939. The first-order chi connectivity index (χ1) is 12.7. The van der Waals surface area contributed by atoms with Crippen molar-refractivity contribution in [2.24, 2.45) is 0 Å². The fraction of sp³-hybridized carbons (Fsp3) is 0.450. The van der Waals surface area contributed by atoms with Crippen LogP contribution in [0.2, 0.25) is 0 Å². The molecule has 2 aromatic rings. The predicted molar refractivity (Wildman–Crippen MR) is 103 cm³/mol. The molecule has 2 heterocycles. The summed E-state index contributed by atoms with van der Waals surface area (Å²) in [4.78, 5) is 15.5. The zero-order valence-electron chi connectivity index (χ0n) is 15.4. The van der Waals surface area contributed by atoms with E-state index < -0.39 is 0 Å². The molecule has 1 saturated heterocycles. The normalized spacial score (nSPS) is 17.5. The van der Waals surface area contributed by atoms with Crippen molar-refractivity contribution in [3.63, 3.8) is 0 Å². The molecule has 2 atom stereocenters. The molecule has 0 bridgehead atoms. The maximum atomic E-state index is 12.7. The second-order valence-corrected chi connectivity index (χ2v) is 7.46. The average molecular weight is 376 g/mol. The fourth-order valence-corrected chi connectivity index (χ4v) is 4.45. The largest absolute Gasteiger partial charge is 0.494 e. The molecule has 0 radical (unpaired) electrons. The summed E-state index contributed by atoms with van der Waals surface area (Å²) >= 11 is 1.75. The minimum atomic E-state index is -0.0465. The van der Waals surface area contributed by atoms with Gasteiger partial charge in [0, 0.05) is 5.56 Å². The molecule has 1 aliphatic heterocycles. The number of quaternary nitrogens is 1. The molecule has 26 heavy (non-hydrogen) atoms. The van der Waals surface area contributed by atoms with E-state index >= 15 is 0 Å². The smallest absolute Gasteiger partial charge is 0.251 e. The molecule has 1 aromatic heterocycles. The van der Waals surface area contributed by atoms with Crippen LogP contribution in [-0.4, -0.2) is 44.9 Å². The number of carbonyl (C=O) groups excluding carboxylic acids is 1. The van der Waals surface area contributed by atoms with Crippen LogP contribution in [0.25, 0.3) is 0 Å². The summed E-state index contributed by atoms with van der Waals surface area (Å²) in [5, 5.41) is 5.30. The molecule has 5 nitrogen and oxygen atoms in total. The Morgan fingerprint density at radius 3 is 2.62 bits per heavy atom. The molecule has 140 valence electrons. The average Bonchev–Trinajstić information content (AvgIpc) is 3.18. The molecule has 1 aliphatic rings. The van der Waals surface area contributed by atoms with Gasteiger partial charge in [0.15, 0.2) is 0 Å². The molecule has 1 aromatic carbocycles. The van der Waals surface area contributed by atoms with Crippen molar-refractivity contribution >= 4 is 17.2 Å².